The van der Waals surface area contributed by atoms with Gasteiger partial charge in [0.05, 0.1) is 0 Å². The second-order valence-electron chi connectivity index (χ2n) is 3.14. The van der Waals surface area contributed by atoms with E-state index in [9.17, 15) is 26.7 Å². The minimum absolute atomic E-state index is 0.189. The summed E-state index contributed by atoms with van der Waals surface area (Å²) in [5, 5.41) is 0. The molecule has 0 aliphatic rings. The second kappa shape index (κ2) is 5.19. The SMILES string of the molecule is O=[C]OCc1cccc(OC(F)(F)C(F)(F)F)c1. The Morgan fingerprint density at radius 2 is 1.83 bits per heavy atom. The zero-order chi connectivity index (χ0) is 13.8. The molecule has 0 spiro atoms. The van der Waals surface area contributed by atoms with Crippen molar-refractivity contribution in [1.29, 1.82) is 0 Å². The van der Waals surface area contributed by atoms with Gasteiger partial charge in [-0.25, -0.2) is 4.79 Å². The number of rotatable bonds is 5. The van der Waals surface area contributed by atoms with Crippen molar-refractivity contribution in [2.24, 2.45) is 0 Å². The molecule has 0 aliphatic heterocycles. The molecule has 3 nitrogen and oxygen atoms in total. The van der Waals surface area contributed by atoms with Gasteiger partial charge < -0.3 is 9.47 Å². The molecule has 0 unspecified atom stereocenters. The Morgan fingerprint density at radius 1 is 1.17 bits per heavy atom. The van der Waals surface area contributed by atoms with E-state index >= 15 is 0 Å². The number of hydrogen-bond donors (Lipinski definition) is 0. The van der Waals surface area contributed by atoms with Gasteiger partial charge in [0.15, 0.2) is 0 Å². The van der Waals surface area contributed by atoms with Gasteiger partial charge in [-0.15, -0.1) is 0 Å². The standard InChI is InChI=1S/C10H6F5O3/c11-9(12,13)10(14,15)18-8-3-1-2-7(4-8)5-17-6-16/h1-4H,5H2. The lowest BCUT2D eigenvalue weighted by molar-refractivity contribution is -0.360. The fourth-order valence-corrected chi connectivity index (χ4v) is 1.02. The van der Waals surface area contributed by atoms with Gasteiger partial charge >= 0.3 is 18.8 Å². The average molecular weight is 269 g/mol. The molecule has 0 aromatic heterocycles. The predicted octanol–water partition coefficient (Wildman–Crippen LogP) is 2.80. The summed E-state index contributed by atoms with van der Waals surface area (Å²) in [6.45, 7) is 0.782. The van der Waals surface area contributed by atoms with E-state index in [4.69, 9.17) is 0 Å². The molecule has 0 bridgehead atoms. The van der Waals surface area contributed by atoms with Crippen molar-refractivity contribution in [3.63, 3.8) is 0 Å². The molecule has 18 heavy (non-hydrogen) atoms. The van der Waals surface area contributed by atoms with Crippen LogP contribution in [0, 0.1) is 0 Å². The number of carbonyl (C=O) groups excluding carboxylic acids is 1. The van der Waals surface area contributed by atoms with Gasteiger partial charge in [-0.3, -0.25) is 0 Å². The fraction of sp³-hybridized carbons (Fsp3) is 0.300. The molecule has 1 aromatic rings. The average Bonchev–Trinajstić information content (AvgIpc) is 2.24. The van der Waals surface area contributed by atoms with Crippen molar-refractivity contribution >= 4 is 6.47 Å². The van der Waals surface area contributed by atoms with E-state index in [-0.39, 0.29) is 12.2 Å². The van der Waals surface area contributed by atoms with Gasteiger partial charge in [0.1, 0.15) is 12.4 Å². The molecule has 8 heteroatoms. The number of alkyl halides is 5. The van der Waals surface area contributed by atoms with Gasteiger partial charge in [-0.05, 0) is 17.7 Å². The van der Waals surface area contributed by atoms with Gasteiger partial charge in [-0.2, -0.15) is 22.0 Å². The van der Waals surface area contributed by atoms with Gasteiger partial charge in [-0.1, -0.05) is 12.1 Å². The smallest absolute Gasteiger partial charge is 0.452 e. The largest absolute Gasteiger partial charge is 0.499 e. The van der Waals surface area contributed by atoms with Crippen LogP contribution in [0.1, 0.15) is 5.56 Å². The molecular formula is C10H6F5O3. The van der Waals surface area contributed by atoms with Crippen LogP contribution in [0.25, 0.3) is 0 Å². The Hall–Kier alpha value is -1.86. The van der Waals surface area contributed by atoms with E-state index in [1.165, 1.54) is 12.1 Å². The number of ether oxygens (including phenoxy) is 2. The van der Waals surface area contributed by atoms with Crippen LogP contribution in [0.4, 0.5) is 22.0 Å². The van der Waals surface area contributed by atoms with E-state index in [0.717, 1.165) is 18.6 Å². The van der Waals surface area contributed by atoms with Crippen molar-refractivity contribution in [3.05, 3.63) is 29.8 Å². The fourth-order valence-electron chi connectivity index (χ4n) is 1.02. The molecule has 0 saturated carbocycles. The minimum Gasteiger partial charge on any atom is -0.452 e. The summed E-state index contributed by atoms with van der Waals surface area (Å²) in [7, 11) is 0. The van der Waals surface area contributed by atoms with E-state index in [0.29, 0.717) is 0 Å². The van der Waals surface area contributed by atoms with Crippen LogP contribution < -0.4 is 4.74 Å². The maximum Gasteiger partial charge on any atom is 0.499 e. The maximum absolute atomic E-state index is 12.6. The first-order chi connectivity index (χ1) is 8.26. The van der Waals surface area contributed by atoms with Crippen LogP contribution in [0.2, 0.25) is 0 Å². The van der Waals surface area contributed by atoms with Gasteiger partial charge in [0.25, 0.3) is 0 Å². The third kappa shape index (κ3) is 3.57. The summed E-state index contributed by atoms with van der Waals surface area (Å²) in [6, 6.07) is 4.37. The third-order valence-electron chi connectivity index (χ3n) is 1.77. The molecule has 1 rings (SSSR count). The first-order valence-corrected chi connectivity index (χ1v) is 4.48. The Labute approximate surface area is 98.1 Å². The van der Waals surface area contributed by atoms with Gasteiger partial charge in [0.2, 0.25) is 0 Å². The third-order valence-corrected chi connectivity index (χ3v) is 1.77. The topological polar surface area (TPSA) is 35.5 Å². The van der Waals surface area contributed by atoms with E-state index in [2.05, 4.69) is 9.47 Å². The van der Waals surface area contributed by atoms with Crippen LogP contribution in [0.15, 0.2) is 24.3 Å². The lowest BCUT2D eigenvalue weighted by atomic mass is 10.2. The molecule has 0 atom stereocenters. The molecule has 0 saturated heterocycles. The van der Waals surface area contributed by atoms with Crippen molar-refractivity contribution in [1.82, 2.24) is 0 Å². The van der Waals surface area contributed by atoms with Gasteiger partial charge in [0, 0.05) is 0 Å². The highest BCUT2D eigenvalue weighted by atomic mass is 19.4. The molecule has 1 radical (unpaired) electrons. The highest BCUT2D eigenvalue weighted by molar-refractivity contribution is 5.39. The Morgan fingerprint density at radius 3 is 2.39 bits per heavy atom. The Kier molecular flexibility index (Phi) is 4.10. The summed E-state index contributed by atoms with van der Waals surface area (Å²) in [5.74, 6) is -0.690. The van der Waals surface area contributed by atoms with E-state index < -0.39 is 18.0 Å². The predicted molar refractivity (Wildman–Crippen MR) is 48.6 cm³/mol. The van der Waals surface area contributed by atoms with Crippen LogP contribution in [-0.2, 0) is 16.1 Å². The van der Waals surface area contributed by atoms with Crippen LogP contribution in [0.5, 0.6) is 5.75 Å². The number of hydrogen-bond acceptors (Lipinski definition) is 3. The quantitative estimate of drug-likeness (QED) is 0.771. The summed E-state index contributed by atoms with van der Waals surface area (Å²) in [4.78, 5) is 9.78. The van der Waals surface area contributed by atoms with Crippen LogP contribution >= 0.6 is 0 Å². The molecule has 0 fully saturated rings. The minimum atomic E-state index is -5.81. The first kappa shape index (κ1) is 14.2. The highest BCUT2D eigenvalue weighted by Crippen LogP contribution is 2.37. The summed E-state index contributed by atoms with van der Waals surface area (Å²) < 4.78 is 68.5. The maximum atomic E-state index is 12.6. The summed E-state index contributed by atoms with van der Waals surface area (Å²) in [5.41, 5.74) is 0.189. The van der Waals surface area contributed by atoms with Crippen molar-refractivity contribution < 1.29 is 36.2 Å². The van der Waals surface area contributed by atoms with Crippen LogP contribution in [0.3, 0.4) is 0 Å². The normalized spacial score (nSPS) is 12.1. The highest BCUT2D eigenvalue weighted by Gasteiger charge is 2.61. The second-order valence-corrected chi connectivity index (χ2v) is 3.14. The van der Waals surface area contributed by atoms with E-state index in [1.807, 2.05) is 0 Å². The van der Waals surface area contributed by atoms with Crippen LogP contribution in [-0.4, -0.2) is 18.8 Å². The zero-order valence-electron chi connectivity index (χ0n) is 8.63. The molecule has 1 aromatic carbocycles. The molecule has 99 valence electrons. The molecular weight excluding hydrogens is 263 g/mol. The van der Waals surface area contributed by atoms with Crippen molar-refractivity contribution in [2.45, 2.75) is 18.9 Å². The summed E-state index contributed by atoms with van der Waals surface area (Å²) in [6.07, 6.45) is -11.1. The summed E-state index contributed by atoms with van der Waals surface area (Å²) >= 11 is 0. The van der Waals surface area contributed by atoms with Crippen molar-refractivity contribution in [3.8, 4) is 5.75 Å². The lowest BCUT2D eigenvalue weighted by Crippen LogP contribution is -2.41. The molecule has 0 heterocycles. The Balaban J connectivity index is 2.82. The Bertz CT molecular complexity index is 416. The van der Waals surface area contributed by atoms with E-state index in [1.54, 1.807) is 0 Å². The zero-order valence-corrected chi connectivity index (χ0v) is 8.63. The molecule has 0 amide bonds. The molecule has 0 N–H and O–H groups in total. The van der Waals surface area contributed by atoms with Crippen molar-refractivity contribution in [2.75, 3.05) is 0 Å². The monoisotopic (exact) mass is 269 g/mol. The number of halogens is 5. The lowest BCUT2D eigenvalue weighted by Gasteiger charge is -2.20. The molecule has 0 aliphatic carbocycles. The number of benzene rings is 1. The first-order valence-electron chi connectivity index (χ1n) is 4.48.